The van der Waals surface area contributed by atoms with Gasteiger partial charge in [0.2, 0.25) is 0 Å². The second kappa shape index (κ2) is 5.17. The molecule has 100 valence electrons. The van der Waals surface area contributed by atoms with Crippen LogP contribution in [0.2, 0.25) is 0 Å². The van der Waals surface area contributed by atoms with E-state index in [1.807, 2.05) is 44.2 Å². The number of hydrogen-bond acceptors (Lipinski definition) is 3. The van der Waals surface area contributed by atoms with E-state index in [0.29, 0.717) is 0 Å². The molecule has 0 fully saturated rings. The lowest BCUT2D eigenvalue weighted by molar-refractivity contribution is 1.04. The summed E-state index contributed by atoms with van der Waals surface area (Å²) in [5, 5.41) is 7.46. The van der Waals surface area contributed by atoms with Crippen LogP contribution in [0.15, 0.2) is 41.1 Å². The molecule has 3 aromatic rings. The van der Waals surface area contributed by atoms with E-state index in [1.54, 1.807) is 6.20 Å². The lowest BCUT2D eigenvalue weighted by Gasteiger charge is -2.05. The minimum absolute atomic E-state index is 0.804. The van der Waals surface area contributed by atoms with Gasteiger partial charge in [-0.05, 0) is 59.6 Å². The molecule has 0 unspecified atom stereocenters. The highest BCUT2D eigenvalue weighted by atomic mass is 79.9. The van der Waals surface area contributed by atoms with Gasteiger partial charge in [-0.2, -0.15) is 5.10 Å². The van der Waals surface area contributed by atoms with E-state index in [-0.39, 0.29) is 0 Å². The van der Waals surface area contributed by atoms with Gasteiger partial charge in [0.25, 0.3) is 0 Å². The van der Waals surface area contributed by atoms with Crippen LogP contribution in [0.3, 0.4) is 0 Å². The Morgan fingerprint density at radius 2 is 2.00 bits per heavy atom. The molecule has 4 nitrogen and oxygen atoms in total. The molecule has 0 aliphatic rings. The fraction of sp³-hybridized carbons (Fsp3) is 0.133. The van der Waals surface area contributed by atoms with Crippen LogP contribution in [0.25, 0.3) is 22.5 Å². The molecule has 1 N–H and O–H groups in total. The van der Waals surface area contributed by atoms with E-state index >= 15 is 0 Å². The van der Waals surface area contributed by atoms with Crippen LogP contribution in [0.5, 0.6) is 0 Å². The Morgan fingerprint density at radius 3 is 2.75 bits per heavy atom. The average Bonchev–Trinajstić information content (AvgIpc) is 2.80. The van der Waals surface area contributed by atoms with Gasteiger partial charge in [-0.15, -0.1) is 0 Å². The van der Waals surface area contributed by atoms with Gasteiger partial charge in [0.1, 0.15) is 10.3 Å². The monoisotopic (exact) mass is 328 g/mol. The van der Waals surface area contributed by atoms with E-state index in [9.17, 15) is 0 Å². The highest BCUT2D eigenvalue weighted by molar-refractivity contribution is 9.10. The van der Waals surface area contributed by atoms with Crippen LogP contribution >= 0.6 is 15.9 Å². The quantitative estimate of drug-likeness (QED) is 0.725. The summed E-state index contributed by atoms with van der Waals surface area (Å²) >= 11 is 3.41. The van der Waals surface area contributed by atoms with E-state index < -0.39 is 0 Å². The molecule has 0 spiro atoms. The Balaban J connectivity index is 2.20. The van der Waals surface area contributed by atoms with E-state index in [1.165, 1.54) is 0 Å². The Labute approximate surface area is 125 Å². The van der Waals surface area contributed by atoms with Gasteiger partial charge in [0, 0.05) is 23.1 Å². The predicted molar refractivity (Wildman–Crippen MR) is 82.2 cm³/mol. The molecule has 0 bridgehead atoms. The summed E-state index contributed by atoms with van der Waals surface area (Å²) in [4.78, 5) is 8.72. The maximum Gasteiger partial charge on any atom is 0.119 e. The highest BCUT2D eigenvalue weighted by Crippen LogP contribution is 2.32. The molecule has 0 amide bonds. The number of halogens is 1. The number of aromatic amines is 1. The Hall–Kier alpha value is -2.01. The van der Waals surface area contributed by atoms with Crippen LogP contribution in [0.1, 0.15) is 11.4 Å². The number of nitrogens with one attached hydrogen (secondary N) is 1. The number of H-pyrrole nitrogens is 1. The van der Waals surface area contributed by atoms with Gasteiger partial charge >= 0.3 is 0 Å². The van der Waals surface area contributed by atoms with Crippen LogP contribution in [0.4, 0.5) is 0 Å². The summed E-state index contributed by atoms with van der Waals surface area (Å²) in [7, 11) is 0. The number of aromatic nitrogens is 4. The molecule has 5 heteroatoms. The van der Waals surface area contributed by atoms with Gasteiger partial charge in [0.15, 0.2) is 0 Å². The highest BCUT2D eigenvalue weighted by Gasteiger charge is 2.15. The van der Waals surface area contributed by atoms with Crippen LogP contribution in [-0.2, 0) is 0 Å². The van der Waals surface area contributed by atoms with E-state index in [2.05, 4.69) is 36.1 Å². The minimum atomic E-state index is 0.804. The van der Waals surface area contributed by atoms with Gasteiger partial charge in [-0.3, -0.25) is 10.1 Å². The smallest absolute Gasteiger partial charge is 0.119 e. The lowest BCUT2D eigenvalue weighted by atomic mass is 10.0. The van der Waals surface area contributed by atoms with Gasteiger partial charge in [-0.1, -0.05) is 6.07 Å². The molecular weight excluding hydrogens is 316 g/mol. The Kier molecular flexibility index (Phi) is 3.36. The Bertz CT molecular complexity index is 764. The van der Waals surface area contributed by atoms with Crippen molar-refractivity contribution in [3.63, 3.8) is 0 Å². The van der Waals surface area contributed by atoms with Gasteiger partial charge in [0.05, 0.1) is 5.69 Å². The third kappa shape index (κ3) is 2.36. The molecule has 0 aliphatic heterocycles. The largest absolute Gasteiger partial charge is 0.282 e. The van der Waals surface area contributed by atoms with Crippen molar-refractivity contribution in [1.82, 2.24) is 20.2 Å². The predicted octanol–water partition coefficient (Wildman–Crippen LogP) is 3.91. The fourth-order valence-corrected chi connectivity index (χ4v) is 2.57. The van der Waals surface area contributed by atoms with Gasteiger partial charge < -0.3 is 0 Å². The first-order valence-electron chi connectivity index (χ1n) is 6.26. The third-order valence-electron chi connectivity index (χ3n) is 3.09. The third-order valence-corrected chi connectivity index (χ3v) is 3.53. The first-order chi connectivity index (χ1) is 9.65. The van der Waals surface area contributed by atoms with Crippen molar-refractivity contribution in [3.8, 4) is 22.5 Å². The molecule has 0 saturated carbocycles. The number of aryl methyl sites for hydroxylation is 2. The van der Waals surface area contributed by atoms with E-state index in [0.717, 1.165) is 38.5 Å². The lowest BCUT2D eigenvalue weighted by Crippen LogP contribution is -1.89. The molecule has 3 aromatic heterocycles. The van der Waals surface area contributed by atoms with Crippen molar-refractivity contribution in [2.45, 2.75) is 13.8 Å². The maximum atomic E-state index is 4.56. The summed E-state index contributed by atoms with van der Waals surface area (Å²) in [6.07, 6.45) is 1.78. The average molecular weight is 329 g/mol. The minimum Gasteiger partial charge on any atom is -0.282 e. The second-order valence-electron chi connectivity index (χ2n) is 4.60. The molecule has 0 aromatic carbocycles. The standard InChI is InChI=1S/C15H13BrN4/c1-9-4-3-5-12(18-9)15-14(10(2)19-20-15)11-6-7-17-13(16)8-11/h3-8H,1-2H3,(H,19,20). The van der Waals surface area contributed by atoms with Crippen molar-refractivity contribution < 1.29 is 0 Å². The summed E-state index contributed by atoms with van der Waals surface area (Å²) in [6.45, 7) is 3.99. The molecule has 0 aliphatic carbocycles. The molecule has 0 saturated heterocycles. The summed E-state index contributed by atoms with van der Waals surface area (Å²) in [6, 6.07) is 9.90. The summed E-state index contributed by atoms with van der Waals surface area (Å²) in [5.74, 6) is 0. The topological polar surface area (TPSA) is 54.5 Å². The molecule has 3 rings (SSSR count). The molecule has 3 heterocycles. The van der Waals surface area contributed by atoms with Crippen molar-refractivity contribution in [3.05, 3.63) is 52.5 Å². The second-order valence-corrected chi connectivity index (χ2v) is 5.42. The first-order valence-corrected chi connectivity index (χ1v) is 7.05. The zero-order chi connectivity index (χ0) is 14.1. The van der Waals surface area contributed by atoms with Crippen LogP contribution in [-0.4, -0.2) is 20.2 Å². The summed E-state index contributed by atoms with van der Waals surface area (Å²) in [5.41, 5.74) is 5.86. The summed E-state index contributed by atoms with van der Waals surface area (Å²) < 4.78 is 0.804. The zero-order valence-corrected chi connectivity index (χ0v) is 12.8. The maximum absolute atomic E-state index is 4.56. The Morgan fingerprint density at radius 1 is 1.15 bits per heavy atom. The van der Waals surface area contributed by atoms with Crippen molar-refractivity contribution in [2.75, 3.05) is 0 Å². The number of pyridine rings is 2. The SMILES string of the molecule is Cc1cccc(-c2n[nH]c(C)c2-c2ccnc(Br)c2)n1. The normalized spacial score (nSPS) is 10.8. The molecule has 0 radical (unpaired) electrons. The molecule has 20 heavy (non-hydrogen) atoms. The van der Waals surface area contributed by atoms with Crippen molar-refractivity contribution in [2.24, 2.45) is 0 Å². The van der Waals surface area contributed by atoms with Crippen molar-refractivity contribution in [1.29, 1.82) is 0 Å². The first kappa shape index (κ1) is 13.0. The number of rotatable bonds is 2. The van der Waals surface area contributed by atoms with E-state index in [4.69, 9.17) is 0 Å². The van der Waals surface area contributed by atoms with Crippen molar-refractivity contribution >= 4 is 15.9 Å². The molecular formula is C15H13BrN4. The fourth-order valence-electron chi connectivity index (χ4n) is 2.20. The number of hydrogen-bond donors (Lipinski definition) is 1. The van der Waals surface area contributed by atoms with Crippen LogP contribution in [0, 0.1) is 13.8 Å². The zero-order valence-electron chi connectivity index (χ0n) is 11.2. The number of nitrogens with zero attached hydrogens (tertiary/aromatic N) is 3. The van der Waals surface area contributed by atoms with Crippen LogP contribution < -0.4 is 0 Å². The van der Waals surface area contributed by atoms with Gasteiger partial charge in [-0.25, -0.2) is 4.98 Å². The molecule has 0 atom stereocenters.